The molecule has 0 saturated heterocycles. The zero-order chi connectivity index (χ0) is 19.2. The Morgan fingerprint density at radius 3 is 2.61 bits per heavy atom. The van der Waals surface area contributed by atoms with Crippen LogP contribution in [-0.2, 0) is 19.1 Å². The Morgan fingerprint density at radius 1 is 0.821 bits per heavy atom. The average Bonchev–Trinajstić information content (AvgIpc) is 2.76. The van der Waals surface area contributed by atoms with Crippen LogP contribution in [0.5, 0.6) is 11.5 Å². The summed E-state index contributed by atoms with van der Waals surface area (Å²) in [5.74, 6) is 2.19. The van der Waals surface area contributed by atoms with Crippen LogP contribution in [0.1, 0.15) is 16.8 Å². The number of rotatable bonds is 7. The van der Waals surface area contributed by atoms with Crippen LogP contribution < -0.4 is 4.74 Å². The van der Waals surface area contributed by atoms with E-state index in [0.717, 1.165) is 39.2 Å². The Hall–Kier alpha value is -3.04. The highest BCUT2D eigenvalue weighted by Crippen LogP contribution is 2.23. The summed E-state index contributed by atoms with van der Waals surface area (Å²) in [7, 11) is 0. The number of halogens is 1. The van der Waals surface area contributed by atoms with Crippen LogP contribution in [0, 0.1) is 0 Å². The van der Waals surface area contributed by atoms with E-state index in [1.54, 1.807) is 0 Å². The number of nitrogens with zero attached hydrogens (tertiary/aromatic N) is 1. The molecule has 0 unspecified atom stereocenters. The molecule has 0 fully saturated rings. The molecule has 0 amide bonds. The molecule has 28 heavy (non-hydrogen) atoms. The lowest BCUT2D eigenvalue weighted by molar-refractivity contribution is 0.0517. The van der Waals surface area contributed by atoms with Crippen molar-refractivity contribution in [2.75, 3.05) is 0 Å². The van der Waals surface area contributed by atoms with E-state index in [1.165, 1.54) is 0 Å². The molecule has 0 spiro atoms. The summed E-state index contributed by atoms with van der Waals surface area (Å²) < 4.78 is 10.6. The summed E-state index contributed by atoms with van der Waals surface area (Å²) in [4.78, 5) is 4.65. The van der Waals surface area contributed by atoms with E-state index < -0.39 is 0 Å². The van der Waals surface area contributed by atoms with E-state index in [9.17, 15) is 0 Å². The molecule has 0 radical (unpaired) electrons. The van der Waals surface area contributed by atoms with E-state index in [0.29, 0.717) is 19.1 Å². The topological polar surface area (TPSA) is 34.9 Å². The molecule has 0 aliphatic heterocycles. The maximum absolute atomic E-state index is 5.93. The summed E-state index contributed by atoms with van der Waals surface area (Å²) in [6.45, 7) is 1.03. The highest BCUT2D eigenvalue weighted by atomic mass is 35.5. The zero-order valence-electron chi connectivity index (χ0n) is 15.4. The van der Waals surface area contributed by atoms with Crippen molar-refractivity contribution in [3.63, 3.8) is 0 Å². The molecule has 4 rings (SSSR count). The number of alkyl halides is 1. The number of pyridine rings is 1. The van der Waals surface area contributed by atoms with Crippen LogP contribution in [-0.4, -0.2) is 9.72 Å². The number of aromatic nitrogens is 1. The van der Waals surface area contributed by atoms with Crippen LogP contribution >= 0.6 is 11.6 Å². The van der Waals surface area contributed by atoms with Crippen molar-refractivity contribution in [2.45, 2.75) is 19.1 Å². The Balaban J connectivity index is 1.38. The summed E-state index contributed by atoms with van der Waals surface area (Å²) >= 11 is 5.90. The van der Waals surface area contributed by atoms with Gasteiger partial charge in [0, 0.05) is 22.9 Å². The first kappa shape index (κ1) is 18.3. The van der Waals surface area contributed by atoms with Crippen molar-refractivity contribution in [3.8, 4) is 11.5 Å². The fourth-order valence-corrected chi connectivity index (χ4v) is 3.18. The first-order valence-corrected chi connectivity index (χ1v) is 9.72. The molecule has 3 nitrogen and oxygen atoms in total. The Labute approximate surface area is 169 Å². The minimum atomic E-state index is 0.423. The van der Waals surface area contributed by atoms with Gasteiger partial charge in [-0.1, -0.05) is 42.5 Å². The van der Waals surface area contributed by atoms with E-state index in [4.69, 9.17) is 16.3 Å². The standard InChI is InChI=1S/C24H20ClNO2/c25-15-18-5-3-6-19(13-18)16-27-22-8-4-9-23(14-22)28-17-21-12-11-20-7-1-2-10-24(20)26-21/h1-14H,15-17H2/p+1. The quantitative estimate of drug-likeness (QED) is 0.287. The van der Waals surface area contributed by atoms with Gasteiger partial charge < -0.3 is 9.47 Å². The number of hydrogen-bond acceptors (Lipinski definition) is 2. The van der Waals surface area contributed by atoms with Gasteiger partial charge in [0.15, 0.2) is 6.61 Å². The van der Waals surface area contributed by atoms with Crippen molar-refractivity contribution in [1.82, 2.24) is 4.98 Å². The van der Waals surface area contributed by atoms with Crippen molar-refractivity contribution < 1.29 is 9.47 Å². The first-order chi connectivity index (χ1) is 13.8. The highest BCUT2D eigenvalue weighted by molar-refractivity contribution is 6.17. The smallest absolute Gasteiger partial charge is 0.258 e. The number of hydrogen-bond donors (Lipinski definition) is 0. The van der Waals surface area contributed by atoms with E-state index in [1.807, 2.05) is 60.7 Å². The number of aliphatic hydroxyl groups is 1. The van der Waals surface area contributed by atoms with E-state index >= 15 is 0 Å². The van der Waals surface area contributed by atoms with Gasteiger partial charge in [0.25, 0.3) is 5.75 Å². The van der Waals surface area contributed by atoms with Crippen molar-refractivity contribution in [1.29, 1.82) is 0 Å². The first-order valence-electron chi connectivity index (χ1n) is 9.19. The lowest BCUT2D eigenvalue weighted by Gasteiger charge is -2.09. The predicted octanol–water partition coefficient (Wildman–Crippen LogP) is 5.99. The third-order valence-corrected chi connectivity index (χ3v) is 4.76. The normalized spacial score (nSPS) is 10.8. The average molecular weight is 391 g/mol. The second-order valence-corrected chi connectivity index (χ2v) is 6.82. The van der Waals surface area contributed by atoms with Gasteiger partial charge in [-0.15, -0.1) is 11.6 Å². The molecule has 0 aliphatic rings. The van der Waals surface area contributed by atoms with Gasteiger partial charge in [-0.2, -0.15) is 0 Å². The van der Waals surface area contributed by atoms with Crippen LogP contribution in [0.25, 0.3) is 10.9 Å². The fraction of sp³-hybridized carbons (Fsp3) is 0.125. The van der Waals surface area contributed by atoms with Crippen LogP contribution in [0.15, 0.2) is 84.9 Å². The number of ether oxygens (including phenoxy) is 2. The maximum atomic E-state index is 5.93. The molecule has 0 bridgehead atoms. The molecule has 3 aromatic carbocycles. The van der Waals surface area contributed by atoms with Gasteiger partial charge in [-0.25, -0.2) is 4.98 Å². The van der Waals surface area contributed by atoms with Gasteiger partial charge in [0.1, 0.15) is 12.4 Å². The van der Waals surface area contributed by atoms with Gasteiger partial charge in [0.05, 0.1) is 17.3 Å². The molecule has 4 aromatic rings. The Morgan fingerprint density at radius 2 is 1.68 bits per heavy atom. The molecule has 0 saturated carbocycles. The molecular formula is C24H21ClNO2+. The SMILES string of the molecule is ClCc1cccc(C[OH+]c2cccc(OCc3ccc4ccccc4n3)c2)c1. The lowest BCUT2D eigenvalue weighted by atomic mass is 10.1. The lowest BCUT2D eigenvalue weighted by Crippen LogP contribution is -1.99. The number of para-hydroxylation sites is 1. The van der Waals surface area contributed by atoms with E-state index in [2.05, 4.69) is 34.0 Å². The monoisotopic (exact) mass is 390 g/mol. The van der Waals surface area contributed by atoms with Crippen LogP contribution in [0.2, 0.25) is 0 Å². The molecular weight excluding hydrogens is 370 g/mol. The van der Waals surface area contributed by atoms with Gasteiger partial charge in [-0.3, -0.25) is 0 Å². The predicted molar refractivity (Wildman–Crippen MR) is 114 cm³/mol. The molecule has 0 atom stereocenters. The van der Waals surface area contributed by atoms with Gasteiger partial charge in [0.2, 0.25) is 0 Å². The third-order valence-electron chi connectivity index (χ3n) is 4.45. The molecule has 140 valence electrons. The number of aromatic hydroxyl groups is 1. The minimum absolute atomic E-state index is 0.423. The summed E-state index contributed by atoms with van der Waals surface area (Å²) in [6.07, 6.45) is 0. The van der Waals surface area contributed by atoms with Crippen molar-refractivity contribution >= 4 is 22.5 Å². The van der Waals surface area contributed by atoms with Crippen LogP contribution in [0.3, 0.4) is 0 Å². The molecule has 1 N–H and O–H groups in total. The summed E-state index contributed by atoms with van der Waals surface area (Å²) in [6, 6.07) is 28.2. The van der Waals surface area contributed by atoms with Crippen molar-refractivity contribution in [3.05, 3.63) is 102 Å². The molecule has 0 aliphatic carbocycles. The van der Waals surface area contributed by atoms with E-state index in [-0.39, 0.29) is 0 Å². The molecule has 1 aromatic heterocycles. The third kappa shape index (κ3) is 4.62. The largest absolute Gasteiger partial charge is 0.579 e. The summed E-state index contributed by atoms with van der Waals surface area (Å²) in [5.41, 5.74) is 4.13. The maximum Gasteiger partial charge on any atom is 0.258 e. The van der Waals surface area contributed by atoms with Gasteiger partial charge in [-0.05, 0) is 35.9 Å². The highest BCUT2D eigenvalue weighted by Gasteiger charge is 2.05. The second-order valence-electron chi connectivity index (χ2n) is 6.55. The second kappa shape index (κ2) is 8.77. The fourth-order valence-electron chi connectivity index (χ4n) is 3.01. The molecule has 4 heteroatoms. The zero-order valence-corrected chi connectivity index (χ0v) is 16.1. The van der Waals surface area contributed by atoms with Crippen LogP contribution in [0.4, 0.5) is 0 Å². The summed E-state index contributed by atoms with van der Waals surface area (Å²) in [5, 5.41) is 1.13. The number of benzene rings is 3. The minimum Gasteiger partial charge on any atom is -0.579 e. The van der Waals surface area contributed by atoms with Gasteiger partial charge >= 0.3 is 0 Å². The Kier molecular flexibility index (Phi) is 5.74. The number of fused-ring (bicyclic) bond motifs is 1. The van der Waals surface area contributed by atoms with Crippen molar-refractivity contribution in [2.24, 2.45) is 0 Å². The molecule has 1 heterocycles. The Bertz CT molecular complexity index is 1080.